The summed E-state index contributed by atoms with van der Waals surface area (Å²) in [6.07, 6.45) is 0. The van der Waals surface area contributed by atoms with Gasteiger partial charge in [-0.1, -0.05) is 41.2 Å². The van der Waals surface area contributed by atoms with Crippen LogP contribution in [0, 0.1) is 17.0 Å². The minimum absolute atomic E-state index is 0.116. The Bertz CT molecular complexity index is 1560. The van der Waals surface area contributed by atoms with E-state index in [1.165, 1.54) is 40.5 Å². The molecule has 0 radical (unpaired) electrons. The molecule has 4 aromatic rings. The van der Waals surface area contributed by atoms with Crippen molar-refractivity contribution >= 4 is 49.8 Å². The summed E-state index contributed by atoms with van der Waals surface area (Å²) in [7, 11) is 1.54. The fraction of sp³-hybridized carbons (Fsp3) is 0.115. The highest BCUT2D eigenvalue weighted by Crippen LogP contribution is 2.44. The Morgan fingerprint density at radius 3 is 2.42 bits per heavy atom. The van der Waals surface area contributed by atoms with E-state index in [1.807, 2.05) is 6.92 Å². The number of thiazole rings is 1. The van der Waals surface area contributed by atoms with Crippen LogP contribution in [0.5, 0.6) is 5.75 Å². The Labute approximate surface area is 209 Å². The third-order valence-electron chi connectivity index (χ3n) is 5.98. The maximum atomic E-state index is 13.3. The molecule has 5 rings (SSSR count). The third kappa shape index (κ3) is 3.87. The molecule has 2 heterocycles. The van der Waals surface area contributed by atoms with Crippen LogP contribution < -0.4 is 9.64 Å². The van der Waals surface area contributed by atoms with E-state index >= 15 is 0 Å². The van der Waals surface area contributed by atoms with E-state index in [0.717, 1.165) is 10.3 Å². The highest BCUT2D eigenvalue weighted by molar-refractivity contribution is 7.22. The number of Topliss-reactive ketones (excluding diaryl/α,β-unsaturated/α-hetero) is 1. The second-order valence-corrected chi connectivity index (χ2v) is 9.22. The molecule has 1 aliphatic rings. The number of hydrogen-bond acceptors (Lipinski definition) is 8. The molecule has 1 amide bonds. The topological polar surface area (TPSA) is 123 Å². The Balaban J connectivity index is 1.71. The van der Waals surface area contributed by atoms with Gasteiger partial charge in [0.05, 0.1) is 33.9 Å². The fourth-order valence-electron chi connectivity index (χ4n) is 4.11. The average molecular weight is 502 g/mol. The van der Waals surface area contributed by atoms with Crippen molar-refractivity contribution in [2.75, 3.05) is 12.0 Å². The number of hydrogen-bond donors (Lipinski definition) is 1. The number of non-ortho nitro benzene ring substituents is 1. The van der Waals surface area contributed by atoms with E-state index in [2.05, 4.69) is 4.98 Å². The lowest BCUT2D eigenvalue weighted by Crippen LogP contribution is -2.29. The van der Waals surface area contributed by atoms with Crippen LogP contribution >= 0.6 is 11.3 Å². The Morgan fingerprint density at radius 2 is 1.78 bits per heavy atom. The number of carbonyl (C=O) groups is 2. The van der Waals surface area contributed by atoms with Crippen molar-refractivity contribution in [3.05, 3.63) is 99.1 Å². The molecule has 0 spiro atoms. The summed E-state index contributed by atoms with van der Waals surface area (Å²) in [5.74, 6) is -1.43. The van der Waals surface area contributed by atoms with Gasteiger partial charge in [0.25, 0.3) is 11.5 Å². The standard InChI is InChI=1S/C26H19N3O6S/c1-14-3-5-16(6-4-14)23(30)21-22(15-7-9-17(10-8-15)29(33)34)28(25(32)24(21)31)26-27-19-12-11-18(35-2)13-20(19)36-26/h3-13,22,30H,1-2H3/b23-21+/t22-/m1/s1. The maximum Gasteiger partial charge on any atom is 0.301 e. The monoisotopic (exact) mass is 501 g/mol. The van der Waals surface area contributed by atoms with Gasteiger partial charge in [0.2, 0.25) is 0 Å². The van der Waals surface area contributed by atoms with Gasteiger partial charge in [-0.15, -0.1) is 0 Å². The summed E-state index contributed by atoms with van der Waals surface area (Å²) in [6, 6.07) is 16.7. The summed E-state index contributed by atoms with van der Waals surface area (Å²) in [5, 5.41) is 22.6. The molecular weight excluding hydrogens is 482 g/mol. The SMILES string of the molecule is COc1ccc2nc(N3C(=O)C(=O)/C(=C(/O)c4ccc(C)cc4)[C@H]3c3ccc([N+](=O)[O-])cc3)sc2c1. The lowest BCUT2D eigenvalue weighted by Gasteiger charge is -2.22. The number of nitro groups is 1. The molecule has 0 unspecified atom stereocenters. The summed E-state index contributed by atoms with van der Waals surface area (Å²) in [6.45, 7) is 1.89. The van der Waals surface area contributed by atoms with E-state index in [1.54, 1.807) is 49.6 Å². The van der Waals surface area contributed by atoms with Crippen molar-refractivity contribution < 1.29 is 24.4 Å². The minimum atomic E-state index is -1.03. The largest absolute Gasteiger partial charge is 0.507 e. The highest BCUT2D eigenvalue weighted by atomic mass is 32.1. The number of carbonyl (C=O) groups excluding carboxylic acids is 2. The van der Waals surface area contributed by atoms with Crippen LogP contribution in [0.3, 0.4) is 0 Å². The number of methoxy groups -OCH3 is 1. The quantitative estimate of drug-likeness (QED) is 0.132. The lowest BCUT2D eigenvalue weighted by atomic mass is 9.95. The van der Waals surface area contributed by atoms with Gasteiger partial charge in [0.15, 0.2) is 5.13 Å². The number of nitrogens with zero attached hydrogens (tertiary/aromatic N) is 3. The number of amides is 1. The Kier molecular flexibility index (Phi) is 5.73. The van der Waals surface area contributed by atoms with E-state index in [-0.39, 0.29) is 22.2 Å². The van der Waals surface area contributed by atoms with Crippen molar-refractivity contribution in [2.24, 2.45) is 0 Å². The second kappa shape index (κ2) is 8.90. The van der Waals surface area contributed by atoms with Gasteiger partial charge in [-0.25, -0.2) is 4.98 Å². The molecule has 9 nitrogen and oxygen atoms in total. The van der Waals surface area contributed by atoms with Gasteiger partial charge < -0.3 is 9.84 Å². The van der Waals surface area contributed by atoms with Crippen LogP contribution in [-0.2, 0) is 9.59 Å². The number of ketones is 1. The normalized spacial score (nSPS) is 17.1. The molecule has 1 N–H and O–H groups in total. The van der Waals surface area contributed by atoms with Crippen LogP contribution in [0.25, 0.3) is 16.0 Å². The molecule has 1 aromatic heterocycles. The first-order valence-electron chi connectivity index (χ1n) is 10.9. The van der Waals surface area contributed by atoms with E-state index in [9.17, 15) is 24.8 Å². The van der Waals surface area contributed by atoms with Crippen LogP contribution in [0.4, 0.5) is 10.8 Å². The fourth-order valence-corrected chi connectivity index (χ4v) is 5.13. The van der Waals surface area contributed by atoms with Gasteiger partial charge in [-0.3, -0.25) is 24.6 Å². The van der Waals surface area contributed by atoms with E-state index < -0.39 is 22.7 Å². The molecule has 1 atom stereocenters. The highest BCUT2D eigenvalue weighted by Gasteiger charge is 2.48. The van der Waals surface area contributed by atoms with Gasteiger partial charge in [-0.05, 0) is 42.8 Å². The Morgan fingerprint density at radius 1 is 1.08 bits per heavy atom. The molecule has 180 valence electrons. The molecule has 1 fully saturated rings. The average Bonchev–Trinajstić information content (AvgIpc) is 3.41. The molecule has 0 bridgehead atoms. The molecule has 0 saturated carbocycles. The van der Waals surface area contributed by atoms with Gasteiger partial charge in [-0.2, -0.15) is 0 Å². The van der Waals surface area contributed by atoms with E-state index in [0.29, 0.717) is 22.4 Å². The number of aliphatic hydroxyl groups is 1. The van der Waals surface area contributed by atoms with Gasteiger partial charge in [0.1, 0.15) is 11.5 Å². The number of aliphatic hydroxyl groups excluding tert-OH is 1. The molecule has 0 aliphatic carbocycles. The molecule has 1 saturated heterocycles. The van der Waals surface area contributed by atoms with Gasteiger partial charge in [0, 0.05) is 17.7 Å². The van der Waals surface area contributed by atoms with Crippen molar-refractivity contribution in [1.82, 2.24) is 4.98 Å². The summed E-state index contributed by atoms with van der Waals surface area (Å²) < 4.78 is 6.01. The number of ether oxygens (including phenoxy) is 1. The summed E-state index contributed by atoms with van der Waals surface area (Å²) >= 11 is 1.20. The summed E-state index contributed by atoms with van der Waals surface area (Å²) in [5.41, 5.74) is 2.11. The smallest absolute Gasteiger partial charge is 0.301 e. The maximum absolute atomic E-state index is 13.3. The first-order chi connectivity index (χ1) is 17.3. The number of fused-ring (bicyclic) bond motifs is 1. The number of aromatic nitrogens is 1. The predicted octanol–water partition coefficient (Wildman–Crippen LogP) is 5.15. The number of aryl methyl sites for hydroxylation is 1. The van der Waals surface area contributed by atoms with Crippen LogP contribution in [0.1, 0.15) is 22.7 Å². The van der Waals surface area contributed by atoms with Crippen LogP contribution in [0.2, 0.25) is 0 Å². The van der Waals surface area contributed by atoms with Crippen molar-refractivity contribution in [3.63, 3.8) is 0 Å². The van der Waals surface area contributed by atoms with E-state index in [4.69, 9.17) is 4.74 Å². The summed E-state index contributed by atoms with van der Waals surface area (Å²) in [4.78, 5) is 43.1. The lowest BCUT2D eigenvalue weighted by molar-refractivity contribution is -0.384. The number of nitro benzene ring substituents is 1. The molecule has 1 aliphatic heterocycles. The number of rotatable bonds is 5. The molecule has 3 aromatic carbocycles. The van der Waals surface area contributed by atoms with Gasteiger partial charge >= 0.3 is 5.91 Å². The van der Waals surface area contributed by atoms with Crippen molar-refractivity contribution in [3.8, 4) is 5.75 Å². The molecule has 10 heteroatoms. The number of anilines is 1. The molecular formula is C26H19N3O6S. The Hall–Kier alpha value is -4.57. The predicted molar refractivity (Wildman–Crippen MR) is 135 cm³/mol. The van der Waals surface area contributed by atoms with Crippen molar-refractivity contribution in [2.45, 2.75) is 13.0 Å². The third-order valence-corrected chi connectivity index (χ3v) is 7.00. The second-order valence-electron chi connectivity index (χ2n) is 8.21. The minimum Gasteiger partial charge on any atom is -0.507 e. The van der Waals surface area contributed by atoms with Crippen molar-refractivity contribution in [1.29, 1.82) is 0 Å². The number of benzene rings is 3. The molecule has 36 heavy (non-hydrogen) atoms. The van der Waals surface area contributed by atoms with Crippen LogP contribution in [-0.4, -0.2) is 33.8 Å². The zero-order valence-corrected chi connectivity index (χ0v) is 20.0. The zero-order chi connectivity index (χ0) is 25.6. The zero-order valence-electron chi connectivity index (χ0n) is 19.2. The first kappa shape index (κ1) is 23.2. The first-order valence-corrected chi connectivity index (χ1v) is 11.7. The van der Waals surface area contributed by atoms with Crippen LogP contribution in [0.15, 0.2) is 72.3 Å².